The summed E-state index contributed by atoms with van der Waals surface area (Å²) in [6.45, 7) is 2.24. The number of hydrogen-bond donors (Lipinski definition) is 1. The van der Waals surface area contributed by atoms with Gasteiger partial charge in [-0.3, -0.25) is 19.8 Å². The van der Waals surface area contributed by atoms with E-state index in [1.54, 1.807) is 4.90 Å². The number of nitrogens with two attached hydrogens (primary N) is 1. The lowest BCUT2D eigenvalue weighted by atomic mass is 10.2. The molecule has 0 aliphatic carbocycles. The normalized spacial score (nSPS) is 16.1. The second-order valence-electron chi connectivity index (χ2n) is 4.62. The molecule has 1 fully saturated rings. The van der Waals surface area contributed by atoms with Gasteiger partial charge in [-0.05, 0) is 6.07 Å². The van der Waals surface area contributed by atoms with Crippen molar-refractivity contribution in [3.05, 3.63) is 34.1 Å². The molecule has 108 valence electrons. The molecule has 0 atom stereocenters. The zero-order chi connectivity index (χ0) is 14.7. The summed E-state index contributed by atoms with van der Waals surface area (Å²) in [5.74, 6) is -0.916. The molecule has 1 amide bonds. The molecule has 1 saturated heterocycles. The highest BCUT2D eigenvalue weighted by atomic mass is 19.1. The second kappa shape index (κ2) is 5.83. The van der Waals surface area contributed by atoms with Crippen LogP contribution in [-0.4, -0.2) is 48.5 Å². The average Bonchev–Trinajstić information content (AvgIpc) is 2.38. The van der Waals surface area contributed by atoms with Crippen molar-refractivity contribution in [3.63, 3.8) is 0 Å². The van der Waals surface area contributed by atoms with Crippen LogP contribution in [0, 0.1) is 15.9 Å². The van der Waals surface area contributed by atoms with Gasteiger partial charge in [0.15, 0.2) is 0 Å². The van der Waals surface area contributed by atoms with E-state index >= 15 is 0 Å². The monoisotopic (exact) mass is 282 g/mol. The standard InChI is InChI=1S/C12H15FN4O3/c13-9-1-2-10(17(19)20)11(7-9)16-5-3-15(4-6-16)8-12(14)18/h1-2,7H,3-6,8H2,(H2,14,18). The van der Waals surface area contributed by atoms with Crippen LogP contribution in [0.4, 0.5) is 15.8 Å². The molecule has 0 saturated carbocycles. The van der Waals surface area contributed by atoms with Crippen LogP contribution in [0.25, 0.3) is 0 Å². The van der Waals surface area contributed by atoms with E-state index in [1.165, 1.54) is 12.1 Å². The quantitative estimate of drug-likeness (QED) is 0.635. The van der Waals surface area contributed by atoms with E-state index in [0.717, 1.165) is 6.07 Å². The second-order valence-corrected chi connectivity index (χ2v) is 4.62. The van der Waals surface area contributed by atoms with Crippen LogP contribution in [0.3, 0.4) is 0 Å². The van der Waals surface area contributed by atoms with Crippen molar-refractivity contribution in [2.75, 3.05) is 37.6 Å². The first-order valence-corrected chi connectivity index (χ1v) is 6.17. The molecule has 0 unspecified atom stereocenters. The first-order chi connectivity index (χ1) is 9.47. The number of carbonyl (C=O) groups is 1. The molecule has 20 heavy (non-hydrogen) atoms. The SMILES string of the molecule is NC(=O)CN1CCN(c2cc(F)ccc2[N+](=O)[O-])CC1. The largest absolute Gasteiger partial charge is 0.369 e. The van der Waals surface area contributed by atoms with E-state index < -0.39 is 16.6 Å². The van der Waals surface area contributed by atoms with E-state index in [-0.39, 0.29) is 17.9 Å². The number of anilines is 1. The number of nitro benzene ring substituents is 1. The number of nitro groups is 1. The minimum atomic E-state index is -0.523. The summed E-state index contributed by atoms with van der Waals surface area (Å²) in [6, 6.07) is 3.41. The number of piperazine rings is 1. The molecular weight excluding hydrogens is 267 g/mol. The van der Waals surface area contributed by atoms with Crippen molar-refractivity contribution in [1.29, 1.82) is 0 Å². The van der Waals surface area contributed by atoms with Gasteiger partial charge in [0.25, 0.3) is 5.69 Å². The maximum absolute atomic E-state index is 13.3. The van der Waals surface area contributed by atoms with Crippen LogP contribution >= 0.6 is 0 Å². The van der Waals surface area contributed by atoms with Gasteiger partial charge in [0, 0.05) is 38.3 Å². The molecule has 1 heterocycles. The van der Waals surface area contributed by atoms with Gasteiger partial charge >= 0.3 is 0 Å². The third-order valence-corrected chi connectivity index (χ3v) is 3.23. The Bertz CT molecular complexity index is 529. The molecule has 1 aliphatic heterocycles. The fraction of sp³-hybridized carbons (Fsp3) is 0.417. The number of amides is 1. The molecular formula is C12H15FN4O3. The van der Waals surface area contributed by atoms with Gasteiger partial charge in [-0.25, -0.2) is 4.39 Å². The van der Waals surface area contributed by atoms with Crippen molar-refractivity contribution >= 4 is 17.3 Å². The lowest BCUT2D eigenvalue weighted by molar-refractivity contribution is -0.384. The van der Waals surface area contributed by atoms with Crippen LogP contribution in [0.5, 0.6) is 0 Å². The number of carbonyl (C=O) groups excluding carboxylic acids is 1. The summed E-state index contributed by atoms with van der Waals surface area (Å²) in [6.07, 6.45) is 0. The Morgan fingerprint density at radius 1 is 1.35 bits per heavy atom. The van der Waals surface area contributed by atoms with Crippen molar-refractivity contribution in [1.82, 2.24) is 4.90 Å². The highest BCUT2D eigenvalue weighted by Crippen LogP contribution is 2.29. The molecule has 0 radical (unpaired) electrons. The minimum Gasteiger partial charge on any atom is -0.369 e. The molecule has 0 aromatic heterocycles. The number of rotatable bonds is 4. The zero-order valence-electron chi connectivity index (χ0n) is 10.8. The molecule has 1 aromatic carbocycles. The molecule has 8 heteroatoms. The molecule has 2 rings (SSSR count). The number of primary amides is 1. The molecule has 7 nitrogen and oxygen atoms in total. The van der Waals surface area contributed by atoms with E-state index in [0.29, 0.717) is 26.2 Å². The average molecular weight is 282 g/mol. The number of halogens is 1. The highest BCUT2D eigenvalue weighted by Gasteiger charge is 2.24. The predicted octanol–water partition coefficient (Wildman–Crippen LogP) is 0.341. The Balaban J connectivity index is 2.12. The molecule has 2 N–H and O–H groups in total. The third-order valence-electron chi connectivity index (χ3n) is 3.23. The predicted molar refractivity (Wildman–Crippen MR) is 70.9 cm³/mol. The van der Waals surface area contributed by atoms with Crippen LogP contribution in [0.15, 0.2) is 18.2 Å². The van der Waals surface area contributed by atoms with E-state index in [1.807, 2.05) is 4.90 Å². The maximum Gasteiger partial charge on any atom is 0.292 e. The van der Waals surface area contributed by atoms with E-state index in [4.69, 9.17) is 5.73 Å². The fourth-order valence-corrected chi connectivity index (χ4v) is 2.27. The zero-order valence-corrected chi connectivity index (χ0v) is 10.8. The molecule has 0 bridgehead atoms. The van der Waals surface area contributed by atoms with Gasteiger partial charge < -0.3 is 10.6 Å². The van der Waals surface area contributed by atoms with Crippen molar-refractivity contribution < 1.29 is 14.1 Å². The van der Waals surface area contributed by atoms with Crippen LogP contribution in [0.1, 0.15) is 0 Å². The summed E-state index contributed by atoms with van der Waals surface area (Å²) in [4.78, 5) is 24.9. The van der Waals surface area contributed by atoms with E-state index in [2.05, 4.69) is 0 Å². The van der Waals surface area contributed by atoms with Gasteiger partial charge in [0.05, 0.1) is 11.5 Å². The van der Waals surface area contributed by atoms with E-state index in [9.17, 15) is 19.3 Å². The molecule has 0 spiro atoms. The summed E-state index contributed by atoms with van der Waals surface area (Å²) in [5.41, 5.74) is 5.28. The Morgan fingerprint density at radius 2 is 2.00 bits per heavy atom. The lowest BCUT2D eigenvalue weighted by Gasteiger charge is -2.35. The van der Waals surface area contributed by atoms with Gasteiger partial charge in [-0.1, -0.05) is 0 Å². The van der Waals surface area contributed by atoms with Crippen molar-refractivity contribution in [2.45, 2.75) is 0 Å². The number of benzene rings is 1. The van der Waals surface area contributed by atoms with Gasteiger partial charge in [-0.15, -0.1) is 0 Å². The molecule has 1 aliphatic rings. The highest BCUT2D eigenvalue weighted by molar-refractivity contribution is 5.76. The Kier molecular flexibility index (Phi) is 4.14. The van der Waals surface area contributed by atoms with Gasteiger partial charge in [0.2, 0.25) is 5.91 Å². The summed E-state index contributed by atoms with van der Waals surface area (Å²) < 4.78 is 13.3. The van der Waals surface area contributed by atoms with Gasteiger partial charge in [-0.2, -0.15) is 0 Å². The fourth-order valence-electron chi connectivity index (χ4n) is 2.27. The topological polar surface area (TPSA) is 92.7 Å². The summed E-state index contributed by atoms with van der Waals surface area (Å²) in [5, 5.41) is 11.0. The number of hydrogen-bond acceptors (Lipinski definition) is 5. The van der Waals surface area contributed by atoms with Crippen molar-refractivity contribution in [3.8, 4) is 0 Å². The van der Waals surface area contributed by atoms with Crippen LogP contribution in [-0.2, 0) is 4.79 Å². The first-order valence-electron chi connectivity index (χ1n) is 6.17. The Labute approximate surface area is 114 Å². The minimum absolute atomic E-state index is 0.116. The Hall–Kier alpha value is -2.22. The van der Waals surface area contributed by atoms with Crippen LogP contribution in [0.2, 0.25) is 0 Å². The summed E-state index contributed by atoms with van der Waals surface area (Å²) in [7, 11) is 0. The number of nitrogens with zero attached hydrogens (tertiary/aromatic N) is 3. The Morgan fingerprint density at radius 3 is 2.55 bits per heavy atom. The smallest absolute Gasteiger partial charge is 0.292 e. The van der Waals surface area contributed by atoms with Crippen molar-refractivity contribution in [2.24, 2.45) is 5.73 Å². The first kappa shape index (κ1) is 14.2. The van der Waals surface area contributed by atoms with Gasteiger partial charge in [0.1, 0.15) is 11.5 Å². The maximum atomic E-state index is 13.3. The lowest BCUT2D eigenvalue weighted by Crippen LogP contribution is -2.49. The molecule has 1 aromatic rings. The summed E-state index contributed by atoms with van der Waals surface area (Å²) >= 11 is 0. The van der Waals surface area contributed by atoms with Crippen LogP contribution < -0.4 is 10.6 Å². The third kappa shape index (κ3) is 3.21.